The van der Waals surface area contributed by atoms with Crippen LogP contribution in [0, 0.1) is 0 Å². The molecule has 0 saturated carbocycles. The van der Waals surface area contributed by atoms with Crippen LogP contribution in [0.5, 0.6) is 0 Å². The van der Waals surface area contributed by atoms with E-state index in [4.69, 9.17) is 23.2 Å². The summed E-state index contributed by atoms with van der Waals surface area (Å²) in [5.41, 5.74) is 0.499. The Kier molecular flexibility index (Phi) is 6.67. The monoisotopic (exact) mass is 445 g/mol. The number of hydrogen-bond donors (Lipinski definition) is 1. The van der Waals surface area contributed by atoms with Crippen LogP contribution in [0.3, 0.4) is 0 Å². The average molecular weight is 446 g/mol. The van der Waals surface area contributed by atoms with Crippen LogP contribution in [-0.2, 0) is 4.79 Å². The summed E-state index contributed by atoms with van der Waals surface area (Å²) in [6.07, 6.45) is 0.435. The molecule has 110 valence electrons. The minimum Gasteiger partial charge on any atom is -0.323 e. The summed E-state index contributed by atoms with van der Waals surface area (Å²) in [6, 6.07) is 3.27. The SMILES string of the molecule is O=C(CC(I)N1CCSCC1)Nc1ccc(Cl)nc1Cl. The standard InChI is InChI=1S/C12H14Cl2IN3OS/c13-9-2-1-8(12(14)17-9)16-11(19)7-10(15)18-3-5-20-6-4-18/h1-2,10H,3-7H2,(H,16,19). The number of hydrogen-bond acceptors (Lipinski definition) is 4. The van der Waals surface area contributed by atoms with Crippen molar-refractivity contribution in [2.75, 3.05) is 29.9 Å². The highest BCUT2D eigenvalue weighted by Gasteiger charge is 2.21. The summed E-state index contributed by atoms with van der Waals surface area (Å²) in [5, 5.41) is 3.30. The molecule has 1 aromatic rings. The van der Waals surface area contributed by atoms with Crippen LogP contribution in [0.25, 0.3) is 0 Å². The fraction of sp³-hybridized carbons (Fsp3) is 0.500. The van der Waals surface area contributed by atoms with Gasteiger partial charge in [0.05, 0.1) is 16.2 Å². The first kappa shape index (κ1) is 16.6. The summed E-state index contributed by atoms with van der Waals surface area (Å²) in [7, 11) is 0. The lowest BCUT2D eigenvalue weighted by molar-refractivity contribution is -0.116. The summed E-state index contributed by atoms with van der Waals surface area (Å²) in [5.74, 6) is 2.20. The second-order valence-electron chi connectivity index (χ2n) is 4.31. The molecule has 0 spiro atoms. The molecule has 2 rings (SSSR count). The summed E-state index contributed by atoms with van der Waals surface area (Å²) in [4.78, 5) is 18.3. The number of halogens is 3. The molecule has 0 bridgehead atoms. The topological polar surface area (TPSA) is 45.2 Å². The van der Waals surface area contributed by atoms with E-state index in [1.165, 1.54) is 0 Å². The second-order valence-corrected chi connectivity index (χ2v) is 7.72. The van der Waals surface area contributed by atoms with Crippen molar-refractivity contribution < 1.29 is 4.79 Å². The Bertz CT molecular complexity index is 486. The predicted octanol–water partition coefficient (Wildman–Crippen LogP) is 3.53. The van der Waals surface area contributed by atoms with E-state index in [-0.39, 0.29) is 15.1 Å². The molecule has 1 saturated heterocycles. The van der Waals surface area contributed by atoms with Gasteiger partial charge in [0.1, 0.15) is 5.15 Å². The van der Waals surface area contributed by atoms with Gasteiger partial charge in [-0.05, 0) is 12.1 Å². The van der Waals surface area contributed by atoms with Crippen LogP contribution in [-0.4, -0.2) is 44.4 Å². The van der Waals surface area contributed by atoms with Crippen LogP contribution in [0.2, 0.25) is 10.3 Å². The van der Waals surface area contributed by atoms with Gasteiger partial charge in [0, 0.05) is 24.6 Å². The lowest BCUT2D eigenvalue weighted by atomic mass is 10.3. The second kappa shape index (κ2) is 8.03. The molecule has 1 fully saturated rings. The van der Waals surface area contributed by atoms with Gasteiger partial charge in [0.2, 0.25) is 5.91 Å². The van der Waals surface area contributed by atoms with E-state index in [1.54, 1.807) is 12.1 Å². The molecular formula is C12H14Cl2IN3OS. The molecule has 0 radical (unpaired) electrons. The van der Waals surface area contributed by atoms with Crippen molar-refractivity contribution in [1.82, 2.24) is 9.88 Å². The quantitative estimate of drug-likeness (QED) is 0.333. The number of carbonyl (C=O) groups is 1. The number of nitrogens with zero attached hydrogens (tertiary/aromatic N) is 2. The Labute approximate surface area is 146 Å². The van der Waals surface area contributed by atoms with Crippen LogP contribution >= 0.6 is 57.6 Å². The first-order chi connectivity index (χ1) is 9.56. The number of amides is 1. The molecule has 20 heavy (non-hydrogen) atoms. The first-order valence-electron chi connectivity index (χ1n) is 6.14. The van der Waals surface area contributed by atoms with E-state index in [2.05, 4.69) is 37.8 Å². The maximum absolute atomic E-state index is 12.0. The zero-order chi connectivity index (χ0) is 14.5. The molecule has 8 heteroatoms. The third-order valence-electron chi connectivity index (χ3n) is 2.88. The molecule has 1 N–H and O–H groups in total. The highest BCUT2D eigenvalue weighted by molar-refractivity contribution is 14.1. The number of thioether (sulfide) groups is 1. The molecule has 4 nitrogen and oxygen atoms in total. The van der Waals surface area contributed by atoms with Crippen molar-refractivity contribution in [1.29, 1.82) is 0 Å². The predicted molar refractivity (Wildman–Crippen MR) is 94.2 cm³/mol. The smallest absolute Gasteiger partial charge is 0.226 e. The molecule has 1 aromatic heterocycles. The van der Waals surface area contributed by atoms with Gasteiger partial charge < -0.3 is 5.32 Å². The molecule has 1 amide bonds. The lowest BCUT2D eigenvalue weighted by Gasteiger charge is -2.30. The van der Waals surface area contributed by atoms with Gasteiger partial charge in [-0.15, -0.1) is 0 Å². The molecule has 1 aliphatic heterocycles. The average Bonchev–Trinajstić information content (AvgIpc) is 2.43. The third kappa shape index (κ3) is 4.91. The van der Waals surface area contributed by atoms with E-state index in [0.29, 0.717) is 17.3 Å². The fourth-order valence-corrected chi connectivity index (χ4v) is 4.13. The largest absolute Gasteiger partial charge is 0.323 e. The minimum atomic E-state index is -0.0614. The van der Waals surface area contributed by atoms with Gasteiger partial charge in [-0.3, -0.25) is 9.69 Å². The highest BCUT2D eigenvalue weighted by atomic mass is 127. The number of aromatic nitrogens is 1. The Morgan fingerprint density at radius 3 is 2.80 bits per heavy atom. The number of nitrogens with one attached hydrogen (secondary N) is 1. The first-order valence-corrected chi connectivity index (χ1v) is 9.29. The normalized spacial score (nSPS) is 17.8. The highest BCUT2D eigenvalue weighted by Crippen LogP contribution is 2.23. The van der Waals surface area contributed by atoms with Gasteiger partial charge in [0.25, 0.3) is 0 Å². The van der Waals surface area contributed by atoms with Crippen molar-refractivity contribution >= 4 is 69.1 Å². The van der Waals surface area contributed by atoms with Crippen molar-refractivity contribution in [3.63, 3.8) is 0 Å². The van der Waals surface area contributed by atoms with Crippen LogP contribution in [0.4, 0.5) is 5.69 Å². The van der Waals surface area contributed by atoms with E-state index < -0.39 is 0 Å². The van der Waals surface area contributed by atoms with Crippen LogP contribution in [0.1, 0.15) is 6.42 Å². The summed E-state index contributed by atoms with van der Waals surface area (Å²) >= 11 is 15.9. The zero-order valence-electron chi connectivity index (χ0n) is 10.6. The van der Waals surface area contributed by atoms with Crippen molar-refractivity contribution in [2.45, 2.75) is 10.5 Å². The van der Waals surface area contributed by atoms with E-state index in [9.17, 15) is 4.79 Å². The molecule has 0 aliphatic carbocycles. The third-order valence-corrected chi connectivity index (χ3v) is 5.55. The van der Waals surface area contributed by atoms with Crippen molar-refractivity contribution in [3.05, 3.63) is 22.4 Å². The van der Waals surface area contributed by atoms with E-state index >= 15 is 0 Å². The number of alkyl halides is 1. The molecule has 1 unspecified atom stereocenters. The minimum absolute atomic E-state index is 0.0614. The Morgan fingerprint density at radius 1 is 1.45 bits per heavy atom. The number of pyridine rings is 1. The Balaban J connectivity index is 1.88. The van der Waals surface area contributed by atoms with Gasteiger partial charge in [-0.1, -0.05) is 45.8 Å². The maximum atomic E-state index is 12.0. The Hall–Kier alpha value is 0.240. The summed E-state index contributed by atoms with van der Waals surface area (Å²) < 4.78 is 0.201. The van der Waals surface area contributed by atoms with Crippen LogP contribution < -0.4 is 5.32 Å². The van der Waals surface area contributed by atoms with Crippen molar-refractivity contribution in [2.24, 2.45) is 0 Å². The molecule has 2 heterocycles. The van der Waals surface area contributed by atoms with E-state index in [1.807, 2.05) is 11.8 Å². The maximum Gasteiger partial charge on any atom is 0.226 e. The van der Waals surface area contributed by atoms with Gasteiger partial charge in [-0.25, -0.2) is 4.98 Å². The van der Waals surface area contributed by atoms with Gasteiger partial charge in [-0.2, -0.15) is 11.8 Å². The number of carbonyl (C=O) groups excluding carboxylic acids is 1. The molecular weight excluding hydrogens is 432 g/mol. The van der Waals surface area contributed by atoms with Gasteiger partial charge >= 0.3 is 0 Å². The molecule has 0 aromatic carbocycles. The van der Waals surface area contributed by atoms with Crippen LogP contribution in [0.15, 0.2) is 12.1 Å². The number of rotatable bonds is 4. The van der Waals surface area contributed by atoms with Gasteiger partial charge in [0.15, 0.2) is 5.15 Å². The fourth-order valence-electron chi connectivity index (χ4n) is 1.85. The zero-order valence-corrected chi connectivity index (χ0v) is 15.1. The number of anilines is 1. The summed E-state index contributed by atoms with van der Waals surface area (Å²) in [6.45, 7) is 2.07. The Morgan fingerprint density at radius 2 is 2.15 bits per heavy atom. The lowest BCUT2D eigenvalue weighted by Crippen LogP contribution is -2.39. The van der Waals surface area contributed by atoms with Crippen molar-refractivity contribution in [3.8, 4) is 0 Å². The molecule has 1 aliphatic rings. The molecule has 1 atom stereocenters. The van der Waals surface area contributed by atoms with E-state index in [0.717, 1.165) is 24.6 Å².